The second kappa shape index (κ2) is 3.94. The third-order valence-corrected chi connectivity index (χ3v) is 3.15. The number of hydrogen-bond acceptors (Lipinski definition) is 3. The molecule has 2 aromatic rings. The van der Waals surface area contributed by atoms with Gasteiger partial charge in [-0.15, -0.1) is 0 Å². The fourth-order valence-electron chi connectivity index (χ4n) is 2.06. The molecule has 2 aromatic heterocycles. The van der Waals surface area contributed by atoms with Gasteiger partial charge in [-0.1, -0.05) is 0 Å². The predicted octanol–water partition coefficient (Wildman–Crippen LogP) is 1.36. The maximum Gasteiger partial charge on any atom is 0.323 e. The van der Waals surface area contributed by atoms with E-state index in [2.05, 4.69) is 4.98 Å². The number of rotatable bonds is 3. The molecule has 1 aliphatic carbocycles. The summed E-state index contributed by atoms with van der Waals surface area (Å²) in [7, 11) is 0. The molecule has 0 radical (unpaired) electrons. The number of aliphatic carboxylic acids is 1. The van der Waals surface area contributed by atoms with E-state index in [1.807, 2.05) is 6.07 Å². The number of nitrogens with zero attached hydrogens (tertiary/aromatic N) is 2. The van der Waals surface area contributed by atoms with Gasteiger partial charge in [0.25, 0.3) is 5.56 Å². The maximum atomic E-state index is 12.0. The number of carboxylic acid groups (broad SMARTS) is 1. The largest absolute Gasteiger partial charge is 0.480 e. The van der Waals surface area contributed by atoms with Gasteiger partial charge in [-0.05, 0) is 31.0 Å². The summed E-state index contributed by atoms with van der Waals surface area (Å²) >= 11 is 0. The fraction of sp³-hybridized carbons (Fsp3) is 0.308. The Morgan fingerprint density at radius 3 is 2.83 bits per heavy atom. The van der Waals surface area contributed by atoms with Crippen molar-refractivity contribution in [2.24, 2.45) is 0 Å². The van der Waals surface area contributed by atoms with Crippen LogP contribution in [0.15, 0.2) is 29.2 Å². The molecule has 1 saturated carbocycles. The highest BCUT2D eigenvalue weighted by atomic mass is 16.4. The van der Waals surface area contributed by atoms with Crippen molar-refractivity contribution in [2.75, 3.05) is 0 Å². The zero-order valence-corrected chi connectivity index (χ0v) is 9.67. The van der Waals surface area contributed by atoms with Gasteiger partial charge in [-0.2, -0.15) is 0 Å². The fourth-order valence-corrected chi connectivity index (χ4v) is 2.06. The molecule has 0 aromatic carbocycles. The average Bonchev–Trinajstić information content (AvgIpc) is 3.16. The summed E-state index contributed by atoms with van der Waals surface area (Å²) in [6.45, 7) is -0.320. The first kappa shape index (κ1) is 11.0. The Morgan fingerprint density at radius 1 is 1.39 bits per heavy atom. The van der Waals surface area contributed by atoms with Gasteiger partial charge in [0, 0.05) is 17.8 Å². The molecule has 92 valence electrons. The lowest BCUT2D eigenvalue weighted by molar-refractivity contribution is -0.137. The SMILES string of the molecule is O=C(O)Cn1ccc2nc(C3CC3)ccc2c1=O. The van der Waals surface area contributed by atoms with E-state index in [1.165, 1.54) is 10.8 Å². The molecule has 18 heavy (non-hydrogen) atoms. The molecule has 5 nitrogen and oxygen atoms in total. The molecule has 0 spiro atoms. The van der Waals surface area contributed by atoms with E-state index in [1.54, 1.807) is 12.1 Å². The normalized spacial score (nSPS) is 14.9. The van der Waals surface area contributed by atoms with Gasteiger partial charge in [0.2, 0.25) is 0 Å². The van der Waals surface area contributed by atoms with Crippen LogP contribution >= 0.6 is 0 Å². The van der Waals surface area contributed by atoms with Crippen LogP contribution in [0.3, 0.4) is 0 Å². The van der Waals surface area contributed by atoms with E-state index in [9.17, 15) is 9.59 Å². The minimum absolute atomic E-state index is 0.301. The van der Waals surface area contributed by atoms with Crippen molar-refractivity contribution in [3.63, 3.8) is 0 Å². The van der Waals surface area contributed by atoms with Crippen LogP contribution in [0.4, 0.5) is 0 Å². The molecule has 1 fully saturated rings. The summed E-state index contributed by atoms with van der Waals surface area (Å²) in [5.41, 5.74) is 1.37. The zero-order chi connectivity index (χ0) is 12.7. The molecule has 0 atom stereocenters. The lowest BCUT2D eigenvalue weighted by atomic mass is 10.2. The number of fused-ring (bicyclic) bond motifs is 1. The monoisotopic (exact) mass is 244 g/mol. The van der Waals surface area contributed by atoms with Crippen LogP contribution in [0.2, 0.25) is 0 Å². The average molecular weight is 244 g/mol. The van der Waals surface area contributed by atoms with Gasteiger partial charge in [-0.3, -0.25) is 14.6 Å². The highest BCUT2D eigenvalue weighted by Crippen LogP contribution is 2.39. The number of pyridine rings is 2. The summed E-state index contributed by atoms with van der Waals surface area (Å²) in [6.07, 6.45) is 3.81. The summed E-state index contributed by atoms with van der Waals surface area (Å²) in [5, 5.41) is 9.19. The van der Waals surface area contributed by atoms with Crippen molar-refractivity contribution >= 4 is 16.9 Å². The highest BCUT2D eigenvalue weighted by Gasteiger charge is 2.25. The number of carboxylic acids is 1. The first-order valence-corrected chi connectivity index (χ1v) is 5.87. The smallest absolute Gasteiger partial charge is 0.323 e. The van der Waals surface area contributed by atoms with Crippen LogP contribution in [-0.2, 0) is 11.3 Å². The Labute approximate surface area is 103 Å². The minimum Gasteiger partial charge on any atom is -0.480 e. The van der Waals surface area contributed by atoms with Crippen LogP contribution in [0.1, 0.15) is 24.5 Å². The molecular weight excluding hydrogens is 232 g/mol. The summed E-state index contributed by atoms with van der Waals surface area (Å²) in [6, 6.07) is 5.31. The van der Waals surface area contributed by atoms with Gasteiger partial charge < -0.3 is 9.67 Å². The third-order valence-electron chi connectivity index (χ3n) is 3.15. The quantitative estimate of drug-likeness (QED) is 0.884. The first-order chi connectivity index (χ1) is 8.65. The van der Waals surface area contributed by atoms with Gasteiger partial charge >= 0.3 is 5.97 Å². The lowest BCUT2D eigenvalue weighted by Crippen LogP contribution is -2.23. The molecular formula is C13H12N2O3. The van der Waals surface area contributed by atoms with Gasteiger partial charge in [0.15, 0.2) is 0 Å². The third kappa shape index (κ3) is 1.88. The van der Waals surface area contributed by atoms with Crippen LogP contribution in [0.5, 0.6) is 0 Å². The Balaban J connectivity index is 2.11. The second-order valence-corrected chi connectivity index (χ2v) is 4.59. The van der Waals surface area contributed by atoms with Crippen LogP contribution < -0.4 is 5.56 Å². The van der Waals surface area contributed by atoms with E-state index >= 15 is 0 Å². The number of carbonyl (C=O) groups is 1. The van der Waals surface area contributed by atoms with Crippen molar-refractivity contribution in [1.82, 2.24) is 9.55 Å². The van der Waals surface area contributed by atoms with Crippen molar-refractivity contribution in [1.29, 1.82) is 0 Å². The summed E-state index contributed by atoms with van der Waals surface area (Å²) in [4.78, 5) is 27.1. The molecule has 1 aliphatic rings. The number of hydrogen-bond donors (Lipinski definition) is 1. The molecule has 0 aliphatic heterocycles. The van der Waals surface area contributed by atoms with Crippen LogP contribution in [0.25, 0.3) is 10.9 Å². The standard InChI is InChI=1S/C13H12N2O3/c16-12(17)7-15-6-5-11-9(13(15)18)3-4-10(14-11)8-1-2-8/h3-6,8H,1-2,7H2,(H,16,17). The van der Waals surface area contributed by atoms with Gasteiger partial charge in [0.05, 0.1) is 10.9 Å². The predicted molar refractivity (Wildman–Crippen MR) is 65.6 cm³/mol. The molecule has 5 heteroatoms. The zero-order valence-electron chi connectivity index (χ0n) is 9.67. The topological polar surface area (TPSA) is 72.2 Å². The van der Waals surface area contributed by atoms with E-state index in [0.717, 1.165) is 18.5 Å². The van der Waals surface area contributed by atoms with E-state index < -0.39 is 5.97 Å². The molecule has 0 saturated heterocycles. The Hall–Kier alpha value is -2.17. The maximum absolute atomic E-state index is 12.0. The Morgan fingerprint density at radius 2 is 2.17 bits per heavy atom. The molecule has 3 rings (SSSR count). The molecule has 1 N–H and O–H groups in total. The van der Waals surface area contributed by atoms with Gasteiger partial charge in [-0.25, -0.2) is 0 Å². The minimum atomic E-state index is -1.03. The van der Waals surface area contributed by atoms with Crippen molar-refractivity contribution in [3.05, 3.63) is 40.4 Å². The molecule has 2 heterocycles. The van der Waals surface area contributed by atoms with Crippen LogP contribution in [0, 0.1) is 0 Å². The summed E-state index contributed by atoms with van der Waals surface area (Å²) in [5.74, 6) is -0.491. The lowest BCUT2D eigenvalue weighted by Gasteiger charge is -2.05. The molecule has 0 unspecified atom stereocenters. The Kier molecular flexibility index (Phi) is 2.40. The molecule has 0 bridgehead atoms. The van der Waals surface area contributed by atoms with Crippen molar-refractivity contribution in [2.45, 2.75) is 25.3 Å². The second-order valence-electron chi connectivity index (χ2n) is 4.59. The summed E-state index contributed by atoms with van der Waals surface area (Å²) < 4.78 is 1.18. The number of aromatic nitrogens is 2. The van der Waals surface area contributed by atoms with Crippen LogP contribution in [-0.4, -0.2) is 20.6 Å². The van der Waals surface area contributed by atoms with Crippen molar-refractivity contribution < 1.29 is 9.90 Å². The molecule has 0 amide bonds. The van der Waals surface area contributed by atoms with E-state index in [-0.39, 0.29) is 12.1 Å². The van der Waals surface area contributed by atoms with Gasteiger partial charge in [0.1, 0.15) is 6.54 Å². The van der Waals surface area contributed by atoms with E-state index in [4.69, 9.17) is 5.11 Å². The highest BCUT2D eigenvalue weighted by molar-refractivity contribution is 5.78. The Bertz CT molecular complexity index is 686. The van der Waals surface area contributed by atoms with E-state index in [0.29, 0.717) is 16.8 Å². The van der Waals surface area contributed by atoms with Crippen molar-refractivity contribution in [3.8, 4) is 0 Å². The first-order valence-electron chi connectivity index (χ1n) is 5.87.